The Balaban J connectivity index is 0.00000243. The molecule has 0 radical (unpaired) electrons. The quantitative estimate of drug-likeness (QED) is 0.365. The van der Waals surface area contributed by atoms with E-state index >= 15 is 0 Å². The maximum Gasteiger partial charge on any atom is 0.191 e. The molecule has 1 aliphatic heterocycles. The highest BCUT2D eigenvalue weighted by atomic mass is 127. The zero-order valence-electron chi connectivity index (χ0n) is 15.7. The molecule has 0 aromatic heterocycles. The Hall–Kier alpha value is -0.670. The SMILES string of the molecule is CN=C(NCCS(=O)Cc1ccccc1)NC1C2CCOC2C1(C)C.I. The van der Waals surface area contributed by atoms with Crippen LogP contribution in [0.4, 0.5) is 0 Å². The lowest BCUT2D eigenvalue weighted by Gasteiger charge is -2.54. The van der Waals surface area contributed by atoms with Gasteiger partial charge < -0.3 is 15.4 Å². The second-order valence-electron chi connectivity index (χ2n) is 7.46. The minimum atomic E-state index is -0.875. The van der Waals surface area contributed by atoms with Gasteiger partial charge in [0.15, 0.2) is 5.96 Å². The summed E-state index contributed by atoms with van der Waals surface area (Å²) < 4.78 is 18.1. The number of aliphatic imine (C=N–C) groups is 1. The fourth-order valence-electron chi connectivity index (χ4n) is 4.07. The van der Waals surface area contributed by atoms with Gasteiger partial charge in [0.1, 0.15) is 0 Å². The summed E-state index contributed by atoms with van der Waals surface area (Å²) in [6, 6.07) is 10.4. The van der Waals surface area contributed by atoms with Crippen molar-refractivity contribution in [2.24, 2.45) is 16.3 Å². The van der Waals surface area contributed by atoms with Crippen LogP contribution in [0.1, 0.15) is 25.8 Å². The molecule has 1 aromatic carbocycles. The number of hydrogen-bond acceptors (Lipinski definition) is 3. The van der Waals surface area contributed by atoms with E-state index < -0.39 is 10.8 Å². The van der Waals surface area contributed by atoms with Crippen LogP contribution in [-0.2, 0) is 21.3 Å². The molecule has 1 saturated heterocycles. The number of nitrogens with one attached hydrogen (secondary N) is 2. The van der Waals surface area contributed by atoms with E-state index in [4.69, 9.17) is 4.74 Å². The molecule has 1 aromatic rings. The van der Waals surface area contributed by atoms with E-state index in [9.17, 15) is 4.21 Å². The molecule has 4 unspecified atom stereocenters. The number of guanidine groups is 1. The van der Waals surface area contributed by atoms with Crippen molar-refractivity contribution < 1.29 is 8.95 Å². The lowest BCUT2D eigenvalue weighted by atomic mass is 9.57. The minimum absolute atomic E-state index is 0. The van der Waals surface area contributed by atoms with Crippen LogP contribution in [0.25, 0.3) is 0 Å². The van der Waals surface area contributed by atoms with Gasteiger partial charge in [-0.3, -0.25) is 9.20 Å². The first kappa shape index (κ1) is 21.6. The minimum Gasteiger partial charge on any atom is -0.377 e. The number of benzene rings is 1. The molecule has 1 aliphatic carbocycles. The molecule has 1 heterocycles. The van der Waals surface area contributed by atoms with E-state index in [1.807, 2.05) is 30.3 Å². The van der Waals surface area contributed by atoms with Gasteiger partial charge in [-0.2, -0.15) is 0 Å². The van der Waals surface area contributed by atoms with Crippen LogP contribution in [0.5, 0.6) is 0 Å². The van der Waals surface area contributed by atoms with E-state index in [0.717, 1.165) is 24.6 Å². The highest BCUT2D eigenvalue weighted by Gasteiger charge is 2.59. The molecule has 26 heavy (non-hydrogen) atoms. The molecule has 0 amide bonds. The lowest BCUT2D eigenvalue weighted by Crippen LogP contribution is -2.68. The maximum atomic E-state index is 12.2. The molecular weight excluding hydrogens is 461 g/mol. The van der Waals surface area contributed by atoms with Crippen LogP contribution < -0.4 is 10.6 Å². The average Bonchev–Trinajstić information content (AvgIpc) is 3.05. The van der Waals surface area contributed by atoms with Crippen molar-refractivity contribution in [3.05, 3.63) is 35.9 Å². The van der Waals surface area contributed by atoms with Crippen LogP contribution in [0.2, 0.25) is 0 Å². The first-order chi connectivity index (χ1) is 12.0. The van der Waals surface area contributed by atoms with E-state index in [1.54, 1.807) is 7.05 Å². The maximum absolute atomic E-state index is 12.2. The summed E-state index contributed by atoms with van der Waals surface area (Å²) in [7, 11) is 0.908. The summed E-state index contributed by atoms with van der Waals surface area (Å²) in [5.41, 5.74) is 1.24. The van der Waals surface area contributed by atoms with Crippen molar-refractivity contribution in [2.45, 2.75) is 38.2 Å². The molecular formula is C19H30IN3O2S. The van der Waals surface area contributed by atoms with Crippen molar-refractivity contribution in [3.8, 4) is 0 Å². The molecule has 2 fully saturated rings. The monoisotopic (exact) mass is 491 g/mol. The second kappa shape index (κ2) is 9.50. The summed E-state index contributed by atoms with van der Waals surface area (Å²) in [5, 5.41) is 6.86. The first-order valence-electron chi connectivity index (χ1n) is 9.00. The van der Waals surface area contributed by atoms with Crippen molar-refractivity contribution in [1.29, 1.82) is 0 Å². The summed E-state index contributed by atoms with van der Waals surface area (Å²) >= 11 is 0. The standard InChI is InChI=1S/C19H29N3O2S.HI/c1-19(2)16(15-9-11-24-17(15)19)22-18(20-3)21-10-12-25(23)13-14-7-5-4-6-8-14;/h4-8,15-17H,9-13H2,1-3H3,(H2,20,21,22);1H. The lowest BCUT2D eigenvalue weighted by molar-refractivity contribution is -0.106. The fourth-order valence-corrected chi connectivity index (χ4v) is 5.11. The van der Waals surface area contributed by atoms with Crippen molar-refractivity contribution >= 4 is 40.7 Å². The molecule has 2 aliphatic rings. The molecule has 3 rings (SSSR count). The summed E-state index contributed by atoms with van der Waals surface area (Å²) in [6.45, 7) is 6.01. The van der Waals surface area contributed by atoms with E-state index in [1.165, 1.54) is 0 Å². The molecule has 2 N–H and O–H groups in total. The third kappa shape index (κ3) is 4.78. The molecule has 0 bridgehead atoms. The molecule has 7 heteroatoms. The van der Waals surface area contributed by atoms with Gasteiger partial charge in [-0.15, -0.1) is 24.0 Å². The summed E-state index contributed by atoms with van der Waals surface area (Å²) in [6.07, 6.45) is 1.48. The average molecular weight is 491 g/mol. The molecule has 5 nitrogen and oxygen atoms in total. The van der Waals surface area contributed by atoms with Gasteiger partial charge in [0, 0.05) is 59.9 Å². The molecule has 1 saturated carbocycles. The second-order valence-corrected chi connectivity index (χ2v) is 9.04. The van der Waals surface area contributed by atoms with E-state index in [-0.39, 0.29) is 29.4 Å². The van der Waals surface area contributed by atoms with E-state index in [2.05, 4.69) is 29.5 Å². The molecule has 146 valence electrons. The Bertz CT molecular complexity index is 639. The predicted octanol–water partition coefficient (Wildman–Crippen LogP) is 2.53. The number of hydrogen-bond donors (Lipinski definition) is 2. The largest absolute Gasteiger partial charge is 0.377 e. The number of nitrogens with zero attached hydrogens (tertiary/aromatic N) is 1. The van der Waals surface area contributed by atoms with Gasteiger partial charge in [-0.05, 0) is 12.0 Å². The van der Waals surface area contributed by atoms with Crippen LogP contribution in [0.15, 0.2) is 35.3 Å². The molecule has 4 atom stereocenters. The normalized spacial score (nSPS) is 27.7. The smallest absolute Gasteiger partial charge is 0.191 e. The summed E-state index contributed by atoms with van der Waals surface area (Å²) in [4.78, 5) is 4.33. The van der Waals surface area contributed by atoms with Gasteiger partial charge in [-0.1, -0.05) is 44.2 Å². The third-order valence-corrected chi connectivity index (χ3v) is 6.72. The Morgan fingerprint density at radius 1 is 1.35 bits per heavy atom. The Labute approximate surface area is 176 Å². The van der Waals surface area contributed by atoms with Crippen LogP contribution in [0, 0.1) is 11.3 Å². The Kier molecular flexibility index (Phi) is 7.90. The number of fused-ring (bicyclic) bond motifs is 1. The van der Waals surface area contributed by atoms with Crippen molar-refractivity contribution in [2.75, 3.05) is 26.0 Å². The highest BCUT2D eigenvalue weighted by molar-refractivity contribution is 14.0. The number of ether oxygens (including phenoxy) is 1. The van der Waals surface area contributed by atoms with Crippen LogP contribution in [-0.4, -0.2) is 48.3 Å². The predicted molar refractivity (Wildman–Crippen MR) is 118 cm³/mol. The van der Waals surface area contributed by atoms with Gasteiger partial charge in [0.05, 0.1) is 6.10 Å². The van der Waals surface area contributed by atoms with Gasteiger partial charge in [0.2, 0.25) is 0 Å². The highest BCUT2D eigenvalue weighted by Crippen LogP contribution is 2.52. The topological polar surface area (TPSA) is 62.7 Å². The third-order valence-electron chi connectivity index (χ3n) is 5.41. The Morgan fingerprint density at radius 2 is 2.08 bits per heavy atom. The van der Waals surface area contributed by atoms with Gasteiger partial charge in [0.25, 0.3) is 0 Å². The number of rotatable bonds is 6. The summed E-state index contributed by atoms with van der Waals surface area (Å²) in [5.74, 6) is 2.57. The van der Waals surface area contributed by atoms with Crippen LogP contribution >= 0.6 is 24.0 Å². The fraction of sp³-hybridized carbons (Fsp3) is 0.632. The zero-order chi connectivity index (χ0) is 17.9. The Morgan fingerprint density at radius 3 is 2.77 bits per heavy atom. The zero-order valence-corrected chi connectivity index (χ0v) is 18.9. The van der Waals surface area contributed by atoms with E-state index in [0.29, 0.717) is 36.1 Å². The first-order valence-corrected chi connectivity index (χ1v) is 10.5. The number of halogens is 1. The van der Waals surface area contributed by atoms with Gasteiger partial charge >= 0.3 is 0 Å². The van der Waals surface area contributed by atoms with Gasteiger partial charge in [-0.25, -0.2) is 0 Å². The van der Waals surface area contributed by atoms with Crippen LogP contribution in [0.3, 0.4) is 0 Å². The van der Waals surface area contributed by atoms with Crippen molar-refractivity contribution in [1.82, 2.24) is 10.6 Å². The van der Waals surface area contributed by atoms with Crippen molar-refractivity contribution in [3.63, 3.8) is 0 Å². The molecule has 0 spiro atoms.